The number of benzene rings is 4. The molecule has 49 heavy (non-hydrogen) atoms. The van der Waals surface area contributed by atoms with E-state index in [1.54, 1.807) is 6.07 Å². The number of aryl methyl sites for hydroxylation is 1. The van der Waals surface area contributed by atoms with Gasteiger partial charge in [0.1, 0.15) is 17.5 Å². The van der Waals surface area contributed by atoms with Crippen molar-refractivity contribution >= 4 is 39.2 Å². The molecule has 0 aromatic heterocycles. The van der Waals surface area contributed by atoms with Crippen molar-refractivity contribution < 1.29 is 37.8 Å². The molecule has 0 spiro atoms. The van der Waals surface area contributed by atoms with Gasteiger partial charge in [-0.05, 0) is 84.8 Å². The molecule has 0 radical (unpaired) electrons. The molecule has 1 amide bonds. The summed E-state index contributed by atoms with van der Waals surface area (Å²) >= 11 is 0. The Balaban J connectivity index is 1.35. The molecular formula is C37H41N3O8S. The van der Waals surface area contributed by atoms with Crippen molar-refractivity contribution in [1.82, 2.24) is 5.32 Å². The van der Waals surface area contributed by atoms with Crippen LogP contribution in [0, 0.1) is 6.92 Å². The summed E-state index contributed by atoms with van der Waals surface area (Å²) in [5.74, 6) is -1.50. The van der Waals surface area contributed by atoms with Gasteiger partial charge in [0, 0.05) is 31.6 Å². The van der Waals surface area contributed by atoms with Crippen molar-refractivity contribution in [1.29, 1.82) is 0 Å². The predicted octanol–water partition coefficient (Wildman–Crippen LogP) is 6.12. The summed E-state index contributed by atoms with van der Waals surface area (Å²) in [4.78, 5) is 36.4. The molecule has 0 fully saturated rings. The third-order valence-corrected chi connectivity index (χ3v) is 8.35. The average molecular weight is 688 g/mol. The number of aliphatic carboxylic acids is 2. The summed E-state index contributed by atoms with van der Waals surface area (Å²) in [5, 5.41) is 20.4. The van der Waals surface area contributed by atoms with Crippen LogP contribution in [0.4, 0.5) is 11.4 Å². The van der Waals surface area contributed by atoms with E-state index in [-0.39, 0.29) is 19.3 Å². The molecule has 258 valence electrons. The van der Waals surface area contributed by atoms with Crippen LogP contribution in [-0.4, -0.2) is 48.8 Å². The number of hydrogen-bond acceptors (Lipinski definition) is 7. The Morgan fingerprint density at radius 2 is 1.37 bits per heavy atom. The van der Waals surface area contributed by atoms with Crippen molar-refractivity contribution in [3.05, 3.63) is 119 Å². The number of carboxylic acid groups (broad SMARTS) is 2. The third-order valence-electron chi connectivity index (χ3n) is 7.76. The summed E-state index contributed by atoms with van der Waals surface area (Å²) in [6.07, 6.45) is 1.84. The molecule has 4 rings (SSSR count). The summed E-state index contributed by atoms with van der Waals surface area (Å²) in [5.41, 5.74) is 5.43. The first-order chi connectivity index (χ1) is 23.4. The molecule has 0 bridgehead atoms. The number of carboxylic acids is 2. The second-order valence-electron chi connectivity index (χ2n) is 11.8. The Morgan fingerprint density at radius 1 is 0.776 bits per heavy atom. The number of nitrogens with zero attached hydrogens (tertiary/aromatic N) is 1. The third kappa shape index (κ3) is 12.0. The maximum atomic E-state index is 12.2. The first-order valence-corrected chi connectivity index (χ1v) is 17.7. The van der Waals surface area contributed by atoms with Crippen LogP contribution in [-0.2, 0) is 43.9 Å². The lowest BCUT2D eigenvalue weighted by Crippen LogP contribution is -2.41. The van der Waals surface area contributed by atoms with E-state index in [1.165, 1.54) is 0 Å². The standard InChI is InChI=1S/C37H41N3O8S/c1-26-32(39-49(2,46)47)11-7-12-34(26)40(24-28-8-4-3-5-9-28)25-29-16-20-31(21-17-29)48-30-18-14-27(15-19-30)10-6-13-35(41)38-33(37(44)45)22-23-36(42)43/h3-5,7-9,11-12,14-21,33,39H,6,10,13,22-25H2,1-2H3,(H,38,41)(H,42,43)(H,44,45)/t33-/m1/s1. The van der Waals surface area contributed by atoms with Crippen molar-refractivity contribution in [2.24, 2.45) is 0 Å². The highest BCUT2D eigenvalue weighted by Crippen LogP contribution is 2.31. The van der Waals surface area contributed by atoms with Gasteiger partial charge in [0.15, 0.2) is 0 Å². The second kappa shape index (κ2) is 17.2. The van der Waals surface area contributed by atoms with Gasteiger partial charge in [0.25, 0.3) is 0 Å². The molecule has 0 aliphatic carbocycles. The summed E-state index contributed by atoms with van der Waals surface area (Å²) in [6.45, 7) is 3.10. The lowest BCUT2D eigenvalue weighted by atomic mass is 10.1. The van der Waals surface area contributed by atoms with Gasteiger partial charge in [-0.1, -0.05) is 60.7 Å². The number of ether oxygens (including phenoxy) is 1. The topological polar surface area (TPSA) is 162 Å². The smallest absolute Gasteiger partial charge is 0.326 e. The van der Waals surface area contributed by atoms with Gasteiger partial charge in [-0.15, -0.1) is 0 Å². The quantitative estimate of drug-likeness (QED) is 0.0965. The van der Waals surface area contributed by atoms with Gasteiger partial charge in [0.05, 0.1) is 11.9 Å². The highest BCUT2D eigenvalue weighted by atomic mass is 32.2. The minimum atomic E-state index is -3.44. The maximum Gasteiger partial charge on any atom is 0.326 e. The van der Waals surface area contributed by atoms with Crippen LogP contribution < -0.4 is 19.7 Å². The van der Waals surface area contributed by atoms with E-state index in [2.05, 4.69) is 27.1 Å². The first kappa shape index (κ1) is 36.5. The van der Waals surface area contributed by atoms with Crippen LogP contribution in [0.1, 0.15) is 47.9 Å². The van der Waals surface area contributed by atoms with E-state index >= 15 is 0 Å². The number of nitrogens with one attached hydrogen (secondary N) is 2. The molecule has 4 N–H and O–H groups in total. The van der Waals surface area contributed by atoms with Crippen molar-refractivity contribution in [3.63, 3.8) is 0 Å². The predicted molar refractivity (Wildman–Crippen MR) is 188 cm³/mol. The number of rotatable bonds is 18. The van der Waals surface area contributed by atoms with Gasteiger partial charge in [-0.2, -0.15) is 0 Å². The highest BCUT2D eigenvalue weighted by molar-refractivity contribution is 7.92. The van der Waals surface area contributed by atoms with Crippen LogP contribution in [0.15, 0.2) is 97.1 Å². The van der Waals surface area contributed by atoms with Gasteiger partial charge in [-0.25, -0.2) is 13.2 Å². The van der Waals surface area contributed by atoms with E-state index in [9.17, 15) is 27.9 Å². The number of sulfonamides is 1. The summed E-state index contributed by atoms with van der Waals surface area (Å²) < 4.78 is 32.6. The molecule has 0 aliphatic rings. The molecular weight excluding hydrogens is 646 g/mol. The fraction of sp³-hybridized carbons (Fsp3) is 0.270. The van der Waals surface area contributed by atoms with E-state index in [1.807, 2.05) is 85.8 Å². The van der Waals surface area contributed by atoms with Crippen molar-refractivity contribution in [2.45, 2.75) is 58.2 Å². The number of hydrogen-bond donors (Lipinski definition) is 4. The number of amides is 1. The second-order valence-corrected chi connectivity index (χ2v) is 13.5. The number of carbonyl (C=O) groups excluding carboxylic acids is 1. The van der Waals surface area contributed by atoms with E-state index in [4.69, 9.17) is 9.84 Å². The maximum absolute atomic E-state index is 12.2. The van der Waals surface area contributed by atoms with E-state index in [0.717, 1.165) is 34.2 Å². The van der Waals surface area contributed by atoms with Crippen molar-refractivity contribution in [2.75, 3.05) is 15.9 Å². The van der Waals surface area contributed by atoms with Crippen molar-refractivity contribution in [3.8, 4) is 11.5 Å². The molecule has 0 saturated carbocycles. The monoisotopic (exact) mass is 687 g/mol. The number of carbonyl (C=O) groups is 3. The summed E-state index contributed by atoms with van der Waals surface area (Å²) in [6, 6.07) is 29.7. The Hall–Kier alpha value is -5.36. The van der Waals surface area contributed by atoms with Gasteiger partial charge < -0.3 is 25.2 Å². The van der Waals surface area contributed by atoms with Gasteiger partial charge in [0.2, 0.25) is 15.9 Å². The SMILES string of the molecule is Cc1c(NS(C)(=O)=O)cccc1N(Cc1ccccc1)Cc1ccc(Oc2ccc(CCCC(=O)N[C@H](CCC(=O)O)C(=O)O)cc2)cc1. The van der Waals surface area contributed by atoms with Gasteiger partial charge in [-0.3, -0.25) is 14.3 Å². The molecule has 4 aromatic rings. The Labute approximate surface area is 286 Å². The fourth-order valence-electron chi connectivity index (χ4n) is 5.29. The lowest BCUT2D eigenvalue weighted by molar-refractivity contribution is -0.143. The zero-order valence-corrected chi connectivity index (χ0v) is 28.3. The lowest BCUT2D eigenvalue weighted by Gasteiger charge is -2.28. The molecule has 0 aliphatic heterocycles. The normalized spacial score (nSPS) is 11.7. The largest absolute Gasteiger partial charge is 0.481 e. The molecule has 12 heteroatoms. The van der Waals surface area contributed by atoms with Crippen LogP contribution in [0.25, 0.3) is 0 Å². The van der Waals surface area contributed by atoms with Crippen LogP contribution in [0.3, 0.4) is 0 Å². The molecule has 0 unspecified atom stereocenters. The van der Waals surface area contributed by atoms with E-state index < -0.39 is 33.9 Å². The Kier molecular flexibility index (Phi) is 12.8. The zero-order valence-electron chi connectivity index (χ0n) is 27.5. The fourth-order valence-corrected chi connectivity index (χ4v) is 5.92. The van der Waals surface area contributed by atoms with Crippen LogP contribution in [0.5, 0.6) is 11.5 Å². The minimum Gasteiger partial charge on any atom is -0.481 e. The Bertz CT molecular complexity index is 1830. The molecule has 4 aromatic carbocycles. The molecule has 0 saturated heterocycles. The highest BCUT2D eigenvalue weighted by Gasteiger charge is 2.21. The average Bonchev–Trinajstić information content (AvgIpc) is 3.05. The van der Waals surface area contributed by atoms with Crippen LogP contribution in [0.2, 0.25) is 0 Å². The molecule has 0 heterocycles. The molecule has 1 atom stereocenters. The zero-order chi connectivity index (χ0) is 35.4. The number of anilines is 2. The molecule has 11 nitrogen and oxygen atoms in total. The Morgan fingerprint density at radius 3 is 1.94 bits per heavy atom. The van der Waals surface area contributed by atoms with E-state index in [0.29, 0.717) is 43.1 Å². The minimum absolute atomic E-state index is 0.118. The first-order valence-electron chi connectivity index (χ1n) is 15.8. The van der Waals surface area contributed by atoms with Gasteiger partial charge >= 0.3 is 11.9 Å². The van der Waals surface area contributed by atoms with Crippen LogP contribution >= 0.6 is 0 Å². The summed E-state index contributed by atoms with van der Waals surface area (Å²) in [7, 11) is -3.44.